The quantitative estimate of drug-likeness (QED) is 0.847. The molecule has 1 aliphatic heterocycles. The highest BCUT2D eigenvalue weighted by molar-refractivity contribution is 7.92. The van der Waals surface area contributed by atoms with Gasteiger partial charge >= 0.3 is 0 Å². The standard InChI is InChI=1S/C16H23NO4S/c1-16(2,3)13-4-6-14(7-5-13)22(19,20)12-15(18)17-8-10-21-11-9-17/h4-7H,8-12H2,1-3H3. The summed E-state index contributed by atoms with van der Waals surface area (Å²) in [7, 11) is -3.60. The minimum atomic E-state index is -3.60. The molecule has 122 valence electrons. The Morgan fingerprint density at radius 1 is 1.14 bits per heavy atom. The summed E-state index contributed by atoms with van der Waals surface area (Å²) in [5.41, 5.74) is 1.03. The summed E-state index contributed by atoms with van der Waals surface area (Å²) in [5.74, 6) is -0.842. The highest BCUT2D eigenvalue weighted by atomic mass is 32.2. The zero-order valence-corrected chi connectivity index (χ0v) is 14.1. The molecule has 2 rings (SSSR count). The smallest absolute Gasteiger partial charge is 0.238 e. The third kappa shape index (κ3) is 4.08. The van der Waals surface area contributed by atoms with Gasteiger partial charge in [0.2, 0.25) is 5.91 Å². The first-order chi connectivity index (χ1) is 10.2. The molecule has 0 bridgehead atoms. The van der Waals surface area contributed by atoms with Crippen molar-refractivity contribution in [2.24, 2.45) is 0 Å². The third-order valence-corrected chi connectivity index (χ3v) is 5.37. The number of sulfone groups is 1. The van der Waals surface area contributed by atoms with Crippen LogP contribution in [-0.2, 0) is 24.8 Å². The van der Waals surface area contributed by atoms with Gasteiger partial charge in [-0.25, -0.2) is 8.42 Å². The molecule has 22 heavy (non-hydrogen) atoms. The Morgan fingerprint density at radius 2 is 1.68 bits per heavy atom. The normalized spacial score (nSPS) is 16.6. The minimum absolute atomic E-state index is 0.0358. The molecule has 1 fully saturated rings. The molecule has 6 heteroatoms. The number of ether oxygens (including phenoxy) is 1. The van der Waals surface area contributed by atoms with E-state index in [1.807, 2.05) is 12.1 Å². The van der Waals surface area contributed by atoms with Crippen LogP contribution in [0.25, 0.3) is 0 Å². The molecule has 1 amide bonds. The topological polar surface area (TPSA) is 63.7 Å². The first-order valence-corrected chi connectivity index (χ1v) is 9.04. The lowest BCUT2D eigenvalue weighted by atomic mass is 9.87. The summed E-state index contributed by atoms with van der Waals surface area (Å²) in [6.07, 6.45) is 0. The maximum atomic E-state index is 12.4. The van der Waals surface area contributed by atoms with Gasteiger partial charge in [0.05, 0.1) is 18.1 Å². The molecular weight excluding hydrogens is 302 g/mol. The number of carbonyl (C=O) groups excluding carboxylic acids is 1. The number of benzene rings is 1. The van der Waals surface area contributed by atoms with Crippen molar-refractivity contribution in [3.63, 3.8) is 0 Å². The van der Waals surface area contributed by atoms with Crippen molar-refractivity contribution in [1.82, 2.24) is 4.90 Å². The van der Waals surface area contributed by atoms with Crippen molar-refractivity contribution >= 4 is 15.7 Å². The lowest BCUT2D eigenvalue weighted by molar-refractivity contribution is -0.132. The Kier molecular flexibility index (Phi) is 4.92. The number of carbonyl (C=O) groups is 1. The van der Waals surface area contributed by atoms with Crippen LogP contribution in [0.4, 0.5) is 0 Å². The fourth-order valence-electron chi connectivity index (χ4n) is 2.31. The van der Waals surface area contributed by atoms with E-state index in [1.54, 1.807) is 17.0 Å². The van der Waals surface area contributed by atoms with Gasteiger partial charge in [-0.1, -0.05) is 32.9 Å². The zero-order valence-electron chi connectivity index (χ0n) is 13.3. The van der Waals surface area contributed by atoms with E-state index in [-0.39, 0.29) is 16.2 Å². The van der Waals surface area contributed by atoms with Gasteiger partial charge in [-0.05, 0) is 23.1 Å². The van der Waals surface area contributed by atoms with Crippen LogP contribution < -0.4 is 0 Å². The largest absolute Gasteiger partial charge is 0.378 e. The van der Waals surface area contributed by atoms with E-state index in [2.05, 4.69) is 20.8 Å². The fraction of sp³-hybridized carbons (Fsp3) is 0.562. The van der Waals surface area contributed by atoms with Crippen LogP contribution in [-0.4, -0.2) is 51.3 Å². The first-order valence-electron chi connectivity index (χ1n) is 7.39. The minimum Gasteiger partial charge on any atom is -0.378 e. The Hall–Kier alpha value is -1.40. The Balaban J connectivity index is 2.11. The van der Waals surface area contributed by atoms with E-state index < -0.39 is 15.6 Å². The van der Waals surface area contributed by atoms with Gasteiger partial charge in [0, 0.05) is 13.1 Å². The number of morpholine rings is 1. The highest BCUT2D eigenvalue weighted by Crippen LogP contribution is 2.23. The summed E-state index contributed by atoms with van der Waals surface area (Å²) in [6.45, 7) is 8.04. The van der Waals surface area contributed by atoms with Crippen molar-refractivity contribution in [3.05, 3.63) is 29.8 Å². The van der Waals surface area contributed by atoms with Gasteiger partial charge in [0.25, 0.3) is 0 Å². The summed E-state index contributed by atoms with van der Waals surface area (Å²) in [6, 6.07) is 6.79. The maximum absolute atomic E-state index is 12.4. The molecule has 0 spiro atoms. The van der Waals surface area contributed by atoms with Crippen molar-refractivity contribution < 1.29 is 17.9 Å². The molecule has 0 radical (unpaired) electrons. The van der Waals surface area contributed by atoms with Crippen LogP contribution in [0.15, 0.2) is 29.2 Å². The average Bonchev–Trinajstić information content (AvgIpc) is 2.47. The van der Waals surface area contributed by atoms with Crippen molar-refractivity contribution in [2.45, 2.75) is 31.1 Å². The predicted molar refractivity (Wildman–Crippen MR) is 84.6 cm³/mol. The van der Waals surface area contributed by atoms with E-state index in [0.29, 0.717) is 26.3 Å². The zero-order chi connectivity index (χ0) is 16.4. The van der Waals surface area contributed by atoms with E-state index in [1.165, 1.54) is 0 Å². The molecule has 0 N–H and O–H groups in total. The van der Waals surface area contributed by atoms with Crippen LogP contribution >= 0.6 is 0 Å². The third-order valence-electron chi connectivity index (χ3n) is 3.76. The van der Waals surface area contributed by atoms with E-state index in [4.69, 9.17) is 4.74 Å². The molecule has 0 atom stereocenters. The van der Waals surface area contributed by atoms with E-state index in [0.717, 1.165) is 5.56 Å². The van der Waals surface area contributed by atoms with E-state index in [9.17, 15) is 13.2 Å². The van der Waals surface area contributed by atoms with Crippen molar-refractivity contribution in [1.29, 1.82) is 0 Å². The first kappa shape index (κ1) is 17.0. The molecule has 1 aromatic carbocycles. The van der Waals surface area contributed by atoms with Crippen molar-refractivity contribution in [2.75, 3.05) is 32.1 Å². The second kappa shape index (κ2) is 6.38. The van der Waals surface area contributed by atoms with Gasteiger partial charge < -0.3 is 9.64 Å². The molecule has 0 aliphatic carbocycles. The van der Waals surface area contributed by atoms with Crippen molar-refractivity contribution in [3.8, 4) is 0 Å². The second-order valence-corrected chi connectivity index (χ2v) is 8.52. The highest BCUT2D eigenvalue weighted by Gasteiger charge is 2.25. The molecule has 1 saturated heterocycles. The van der Waals surface area contributed by atoms with Gasteiger partial charge in [-0.2, -0.15) is 0 Å². The SMILES string of the molecule is CC(C)(C)c1ccc(S(=O)(=O)CC(=O)N2CCOCC2)cc1. The van der Waals surface area contributed by atoms with Gasteiger partial charge in [-0.15, -0.1) is 0 Å². The number of nitrogens with zero attached hydrogens (tertiary/aromatic N) is 1. The molecule has 1 aromatic rings. The van der Waals surface area contributed by atoms with E-state index >= 15 is 0 Å². The molecule has 5 nitrogen and oxygen atoms in total. The second-order valence-electron chi connectivity index (χ2n) is 6.53. The van der Waals surface area contributed by atoms with Crippen LogP contribution in [0, 0.1) is 0 Å². The molecule has 1 aliphatic rings. The number of amides is 1. The lowest BCUT2D eigenvalue weighted by Crippen LogP contribution is -2.43. The molecule has 1 heterocycles. The van der Waals surface area contributed by atoms with Gasteiger partial charge in [0.1, 0.15) is 5.75 Å². The Bertz CT molecular complexity index is 623. The summed E-state index contributed by atoms with van der Waals surface area (Å²) < 4.78 is 29.9. The predicted octanol–water partition coefficient (Wildman–Crippen LogP) is 1.62. The van der Waals surface area contributed by atoms with Crippen LogP contribution in [0.5, 0.6) is 0 Å². The fourth-order valence-corrected chi connectivity index (χ4v) is 3.54. The monoisotopic (exact) mass is 325 g/mol. The van der Waals surface area contributed by atoms with Crippen LogP contribution in [0.2, 0.25) is 0 Å². The molecule has 0 aromatic heterocycles. The summed E-state index contributed by atoms with van der Waals surface area (Å²) in [5, 5.41) is 0. The number of hydrogen-bond acceptors (Lipinski definition) is 4. The number of rotatable bonds is 3. The Labute approximate surface area is 132 Å². The lowest BCUT2D eigenvalue weighted by Gasteiger charge is -2.26. The maximum Gasteiger partial charge on any atom is 0.238 e. The average molecular weight is 325 g/mol. The Morgan fingerprint density at radius 3 is 2.18 bits per heavy atom. The summed E-state index contributed by atoms with van der Waals surface area (Å²) in [4.78, 5) is 13.8. The molecular formula is C16H23NO4S. The van der Waals surface area contributed by atoms with Crippen LogP contribution in [0.3, 0.4) is 0 Å². The van der Waals surface area contributed by atoms with Gasteiger partial charge in [-0.3, -0.25) is 4.79 Å². The van der Waals surface area contributed by atoms with Crippen LogP contribution in [0.1, 0.15) is 26.3 Å². The molecule has 0 unspecified atom stereocenters. The summed E-state index contributed by atoms with van der Waals surface area (Å²) >= 11 is 0. The van der Waals surface area contributed by atoms with Gasteiger partial charge in [0.15, 0.2) is 9.84 Å². The number of hydrogen-bond donors (Lipinski definition) is 0. The molecule has 0 saturated carbocycles.